The molecule has 0 aromatic carbocycles. The quantitative estimate of drug-likeness (QED) is 0.382. The Labute approximate surface area is 159 Å². The molecule has 3 rings (SSSR count). The van der Waals surface area contributed by atoms with Gasteiger partial charge in [-0.2, -0.15) is 0 Å². The number of rotatable bonds is 5. The zero-order valence-electron chi connectivity index (χ0n) is 13.9. The predicted octanol–water partition coefficient (Wildman–Crippen LogP) is 0.264. The number of aromatic nitrogens is 1. The largest absolute Gasteiger partial charge is 0.364 e. The molecule has 0 spiro atoms. The van der Waals surface area contributed by atoms with E-state index >= 15 is 0 Å². The predicted molar refractivity (Wildman–Crippen MR) is 101 cm³/mol. The van der Waals surface area contributed by atoms with Crippen LogP contribution in [0.2, 0.25) is 0 Å². The molecule has 134 valence electrons. The maximum atomic E-state index is 11.8. The molecule has 0 atom stereocenters. The van der Waals surface area contributed by atoms with Gasteiger partial charge >= 0.3 is 0 Å². The second-order valence-electron chi connectivity index (χ2n) is 6.00. The molecule has 2 N–H and O–H groups in total. The molecule has 2 aliphatic rings. The summed E-state index contributed by atoms with van der Waals surface area (Å²) in [4.78, 5) is 20.6. The summed E-state index contributed by atoms with van der Waals surface area (Å²) in [5, 5.41) is 10.2. The number of halogens is 1. The van der Waals surface area contributed by atoms with Gasteiger partial charge in [-0.25, -0.2) is 0 Å². The Morgan fingerprint density at radius 1 is 1.38 bits per heavy atom. The minimum Gasteiger partial charge on any atom is -0.364 e. The topological polar surface area (TPSA) is 86.0 Å². The molecule has 2 heterocycles. The molecule has 24 heavy (non-hydrogen) atoms. The van der Waals surface area contributed by atoms with Crippen LogP contribution in [0.1, 0.15) is 18.5 Å². The van der Waals surface area contributed by atoms with E-state index in [1.165, 1.54) is 0 Å². The maximum Gasteiger partial charge on any atom is 0.234 e. The second-order valence-corrected chi connectivity index (χ2v) is 6.00. The van der Waals surface area contributed by atoms with Crippen LogP contribution in [0.5, 0.6) is 0 Å². The van der Waals surface area contributed by atoms with Crippen molar-refractivity contribution >= 4 is 35.8 Å². The van der Waals surface area contributed by atoms with E-state index in [0.29, 0.717) is 19.1 Å². The van der Waals surface area contributed by atoms with Crippen LogP contribution in [0, 0.1) is 0 Å². The number of hydrogen-bond acceptors (Lipinski definition) is 5. The standard InChI is InChI=1S/C15H24N6O2.HI/c1-16-15(17-10-13-4-9-23-19-13)21-7-5-20(6-8-21)11-14(22)18-12-2-3-12;/h4,9,12H,2-3,5-8,10-11H2,1H3,(H,16,17)(H,18,22);1H. The Kier molecular flexibility index (Phi) is 7.28. The molecule has 0 radical (unpaired) electrons. The molecule has 1 saturated heterocycles. The summed E-state index contributed by atoms with van der Waals surface area (Å²) in [5.74, 6) is 1.00. The van der Waals surface area contributed by atoms with Crippen LogP contribution in [0.4, 0.5) is 0 Å². The Bertz CT molecular complexity index is 538. The van der Waals surface area contributed by atoms with Gasteiger partial charge in [-0.15, -0.1) is 24.0 Å². The van der Waals surface area contributed by atoms with Gasteiger partial charge in [0.1, 0.15) is 12.0 Å². The summed E-state index contributed by atoms with van der Waals surface area (Å²) in [6.45, 7) is 4.53. The molecule has 1 aliphatic heterocycles. The molecule has 0 bridgehead atoms. The third-order valence-corrected chi connectivity index (χ3v) is 4.11. The van der Waals surface area contributed by atoms with Crippen molar-refractivity contribution in [3.63, 3.8) is 0 Å². The highest BCUT2D eigenvalue weighted by Gasteiger charge is 2.25. The first kappa shape index (κ1) is 19.0. The Morgan fingerprint density at radius 3 is 2.71 bits per heavy atom. The summed E-state index contributed by atoms with van der Waals surface area (Å²) in [7, 11) is 1.78. The number of nitrogens with one attached hydrogen (secondary N) is 2. The zero-order chi connectivity index (χ0) is 16.1. The molecule has 2 fully saturated rings. The number of carbonyl (C=O) groups is 1. The molecule has 1 aromatic heterocycles. The van der Waals surface area contributed by atoms with Crippen LogP contribution in [-0.4, -0.2) is 72.6 Å². The minimum atomic E-state index is 0. The molecule has 1 aliphatic carbocycles. The molecule has 9 heteroatoms. The SMILES string of the molecule is CN=C(NCc1ccon1)N1CCN(CC(=O)NC2CC2)CC1.I. The number of piperazine rings is 1. The molecule has 1 amide bonds. The molecular weight excluding hydrogens is 423 g/mol. The molecular formula is C15H25IN6O2. The van der Waals surface area contributed by atoms with Gasteiger partial charge in [-0.05, 0) is 12.8 Å². The summed E-state index contributed by atoms with van der Waals surface area (Å²) >= 11 is 0. The Morgan fingerprint density at radius 2 is 2.12 bits per heavy atom. The smallest absolute Gasteiger partial charge is 0.234 e. The van der Waals surface area contributed by atoms with Gasteiger partial charge in [0.05, 0.1) is 13.1 Å². The van der Waals surface area contributed by atoms with Gasteiger partial charge in [0.2, 0.25) is 5.91 Å². The highest BCUT2D eigenvalue weighted by atomic mass is 127. The highest BCUT2D eigenvalue weighted by Crippen LogP contribution is 2.18. The van der Waals surface area contributed by atoms with Gasteiger partial charge in [0.25, 0.3) is 0 Å². The van der Waals surface area contributed by atoms with E-state index < -0.39 is 0 Å². The van der Waals surface area contributed by atoms with Crippen molar-refractivity contribution in [2.75, 3.05) is 39.8 Å². The van der Waals surface area contributed by atoms with Gasteiger partial charge in [0.15, 0.2) is 5.96 Å². The van der Waals surface area contributed by atoms with E-state index in [1.54, 1.807) is 13.3 Å². The van der Waals surface area contributed by atoms with Gasteiger partial charge in [0, 0.05) is 45.3 Å². The van der Waals surface area contributed by atoms with Crippen molar-refractivity contribution in [3.8, 4) is 0 Å². The van der Waals surface area contributed by atoms with E-state index in [2.05, 4.69) is 30.6 Å². The number of amides is 1. The summed E-state index contributed by atoms with van der Waals surface area (Å²) < 4.78 is 4.82. The summed E-state index contributed by atoms with van der Waals surface area (Å²) in [5.41, 5.74) is 0.849. The van der Waals surface area contributed by atoms with Crippen LogP contribution in [0.15, 0.2) is 21.8 Å². The maximum absolute atomic E-state index is 11.8. The average molecular weight is 448 g/mol. The zero-order valence-corrected chi connectivity index (χ0v) is 16.2. The van der Waals surface area contributed by atoms with Crippen LogP contribution in [0.3, 0.4) is 0 Å². The van der Waals surface area contributed by atoms with Crippen molar-refractivity contribution in [1.82, 2.24) is 25.6 Å². The highest BCUT2D eigenvalue weighted by molar-refractivity contribution is 14.0. The van der Waals surface area contributed by atoms with Gasteiger partial charge in [-0.1, -0.05) is 5.16 Å². The fourth-order valence-corrected chi connectivity index (χ4v) is 2.65. The first-order valence-electron chi connectivity index (χ1n) is 8.11. The summed E-state index contributed by atoms with van der Waals surface area (Å²) in [6.07, 6.45) is 3.82. The van der Waals surface area contributed by atoms with Crippen molar-refractivity contribution in [2.45, 2.75) is 25.4 Å². The Balaban J connectivity index is 0.00000208. The van der Waals surface area contributed by atoms with Crippen LogP contribution < -0.4 is 10.6 Å². The number of carbonyl (C=O) groups excluding carboxylic acids is 1. The molecule has 8 nitrogen and oxygen atoms in total. The fourth-order valence-electron chi connectivity index (χ4n) is 2.65. The summed E-state index contributed by atoms with van der Waals surface area (Å²) in [6, 6.07) is 2.26. The molecule has 1 aromatic rings. The van der Waals surface area contributed by atoms with Crippen molar-refractivity contribution in [3.05, 3.63) is 18.0 Å². The first-order valence-corrected chi connectivity index (χ1v) is 8.11. The van der Waals surface area contributed by atoms with Crippen LogP contribution >= 0.6 is 24.0 Å². The van der Waals surface area contributed by atoms with E-state index in [1.807, 2.05) is 6.07 Å². The lowest BCUT2D eigenvalue weighted by molar-refractivity contribution is -0.122. The van der Waals surface area contributed by atoms with E-state index in [-0.39, 0.29) is 29.9 Å². The normalized spacial score (nSPS) is 18.9. The molecule has 0 unspecified atom stereocenters. The first-order chi connectivity index (χ1) is 11.2. The van der Waals surface area contributed by atoms with Gasteiger partial charge < -0.3 is 20.1 Å². The third-order valence-electron chi connectivity index (χ3n) is 4.11. The minimum absolute atomic E-state index is 0. The van der Waals surface area contributed by atoms with Crippen LogP contribution in [-0.2, 0) is 11.3 Å². The van der Waals surface area contributed by atoms with Gasteiger partial charge in [-0.3, -0.25) is 14.7 Å². The second kappa shape index (κ2) is 9.21. The number of hydrogen-bond donors (Lipinski definition) is 2. The Hall–Kier alpha value is -1.36. The number of guanidine groups is 1. The van der Waals surface area contributed by atoms with Crippen molar-refractivity contribution < 1.29 is 9.32 Å². The lowest BCUT2D eigenvalue weighted by atomic mass is 10.3. The third kappa shape index (κ3) is 5.62. The number of nitrogens with zero attached hydrogens (tertiary/aromatic N) is 4. The van der Waals surface area contributed by atoms with E-state index in [4.69, 9.17) is 4.52 Å². The number of aliphatic imine (C=N–C) groups is 1. The average Bonchev–Trinajstić information content (AvgIpc) is 3.21. The van der Waals surface area contributed by atoms with Crippen molar-refractivity contribution in [1.29, 1.82) is 0 Å². The lowest BCUT2D eigenvalue weighted by Gasteiger charge is -2.36. The fraction of sp³-hybridized carbons (Fsp3) is 0.667. The molecule has 1 saturated carbocycles. The monoisotopic (exact) mass is 448 g/mol. The van der Waals surface area contributed by atoms with E-state index in [9.17, 15) is 4.79 Å². The van der Waals surface area contributed by atoms with E-state index in [0.717, 1.165) is 50.7 Å². The van der Waals surface area contributed by atoms with Crippen LogP contribution in [0.25, 0.3) is 0 Å². The lowest BCUT2D eigenvalue weighted by Crippen LogP contribution is -2.54. The van der Waals surface area contributed by atoms with Crippen molar-refractivity contribution in [2.24, 2.45) is 4.99 Å².